The third-order valence-electron chi connectivity index (χ3n) is 3.46. The van der Waals surface area contributed by atoms with Crippen LogP contribution in [0.1, 0.15) is 44.9 Å². The molecule has 3 heteroatoms. The van der Waals surface area contributed by atoms with Gasteiger partial charge < -0.3 is 10.7 Å². The Kier molecular flexibility index (Phi) is 2.59. The summed E-state index contributed by atoms with van der Waals surface area (Å²) in [5.74, 6) is 1.52. The Morgan fingerprint density at radius 2 is 2.14 bits per heavy atom. The molecule has 3 N–H and O–H groups in total. The Labute approximate surface area is 85.1 Å². The van der Waals surface area contributed by atoms with E-state index >= 15 is 0 Å². The van der Waals surface area contributed by atoms with Crippen LogP contribution in [0, 0.1) is 5.92 Å². The number of hydrogen-bond acceptors (Lipinski definition) is 2. The zero-order valence-electron chi connectivity index (χ0n) is 8.79. The quantitative estimate of drug-likeness (QED) is 0.756. The Bertz CT molecular complexity index is 271. The number of rotatable bonds is 2. The van der Waals surface area contributed by atoms with Crippen molar-refractivity contribution in [3.63, 3.8) is 0 Å². The number of nitrogens with zero attached hydrogens (tertiary/aromatic N) is 1. The SMILES string of the molecule is CC(N)(c1ncc[nH]1)C1CCCCC1. The molecule has 1 aromatic heterocycles. The summed E-state index contributed by atoms with van der Waals surface area (Å²) in [5.41, 5.74) is 6.09. The second-order valence-corrected chi connectivity index (χ2v) is 4.56. The highest BCUT2D eigenvalue weighted by Crippen LogP contribution is 2.35. The summed E-state index contributed by atoms with van der Waals surface area (Å²) in [6.07, 6.45) is 10.1. The number of aromatic nitrogens is 2. The van der Waals surface area contributed by atoms with Crippen LogP contribution in [0.25, 0.3) is 0 Å². The first-order valence-corrected chi connectivity index (χ1v) is 5.50. The van der Waals surface area contributed by atoms with Crippen molar-refractivity contribution in [2.75, 3.05) is 0 Å². The maximum atomic E-state index is 6.36. The molecule has 78 valence electrons. The van der Waals surface area contributed by atoms with Gasteiger partial charge in [0.1, 0.15) is 5.82 Å². The first kappa shape index (κ1) is 9.71. The Hall–Kier alpha value is -0.830. The molecule has 1 saturated carbocycles. The molecule has 0 aliphatic heterocycles. The maximum absolute atomic E-state index is 6.36. The molecule has 0 aromatic carbocycles. The zero-order valence-corrected chi connectivity index (χ0v) is 8.79. The van der Waals surface area contributed by atoms with Crippen molar-refractivity contribution in [3.8, 4) is 0 Å². The minimum Gasteiger partial charge on any atom is -0.347 e. The largest absolute Gasteiger partial charge is 0.347 e. The van der Waals surface area contributed by atoms with Crippen molar-refractivity contribution < 1.29 is 0 Å². The Morgan fingerprint density at radius 1 is 1.43 bits per heavy atom. The zero-order chi connectivity index (χ0) is 10.0. The highest BCUT2D eigenvalue weighted by atomic mass is 15.0. The van der Waals surface area contributed by atoms with Gasteiger partial charge in [0.15, 0.2) is 0 Å². The molecule has 0 spiro atoms. The van der Waals surface area contributed by atoms with E-state index in [9.17, 15) is 0 Å². The van der Waals surface area contributed by atoms with Gasteiger partial charge in [-0.15, -0.1) is 0 Å². The van der Waals surface area contributed by atoms with E-state index in [0.29, 0.717) is 5.92 Å². The van der Waals surface area contributed by atoms with E-state index in [1.807, 2.05) is 6.20 Å². The molecule has 0 radical (unpaired) electrons. The van der Waals surface area contributed by atoms with Crippen LogP contribution in [-0.2, 0) is 5.54 Å². The minimum absolute atomic E-state index is 0.274. The van der Waals surface area contributed by atoms with Crippen molar-refractivity contribution in [2.45, 2.75) is 44.6 Å². The van der Waals surface area contributed by atoms with Gasteiger partial charge >= 0.3 is 0 Å². The normalized spacial score (nSPS) is 23.3. The summed E-state index contributed by atoms with van der Waals surface area (Å²) in [4.78, 5) is 7.42. The summed E-state index contributed by atoms with van der Waals surface area (Å²) in [7, 11) is 0. The number of aromatic amines is 1. The van der Waals surface area contributed by atoms with E-state index in [1.54, 1.807) is 6.20 Å². The molecule has 1 aliphatic rings. The van der Waals surface area contributed by atoms with Gasteiger partial charge in [-0.1, -0.05) is 19.3 Å². The van der Waals surface area contributed by atoms with E-state index in [2.05, 4.69) is 16.9 Å². The lowest BCUT2D eigenvalue weighted by Gasteiger charge is -2.35. The molecule has 1 unspecified atom stereocenters. The number of nitrogens with one attached hydrogen (secondary N) is 1. The number of imidazole rings is 1. The van der Waals surface area contributed by atoms with Crippen LogP contribution in [0.2, 0.25) is 0 Å². The van der Waals surface area contributed by atoms with Gasteiger partial charge in [0.05, 0.1) is 5.54 Å². The van der Waals surface area contributed by atoms with Crippen molar-refractivity contribution in [3.05, 3.63) is 18.2 Å². The van der Waals surface area contributed by atoms with Gasteiger partial charge in [0.2, 0.25) is 0 Å². The lowest BCUT2D eigenvalue weighted by molar-refractivity contribution is 0.215. The lowest BCUT2D eigenvalue weighted by atomic mass is 9.76. The molecule has 0 bridgehead atoms. The van der Waals surface area contributed by atoms with Crippen LogP contribution in [0.5, 0.6) is 0 Å². The second kappa shape index (κ2) is 3.73. The second-order valence-electron chi connectivity index (χ2n) is 4.56. The van der Waals surface area contributed by atoms with Crippen LogP contribution in [-0.4, -0.2) is 9.97 Å². The Morgan fingerprint density at radius 3 is 2.71 bits per heavy atom. The standard InChI is InChI=1S/C11H19N3/c1-11(12,10-13-7-8-14-10)9-5-3-2-4-6-9/h7-9H,2-6,12H2,1H3,(H,13,14). The van der Waals surface area contributed by atoms with Gasteiger partial charge in [0.25, 0.3) is 0 Å². The Balaban J connectivity index is 2.14. The molecule has 3 nitrogen and oxygen atoms in total. The van der Waals surface area contributed by atoms with Crippen molar-refractivity contribution in [1.82, 2.24) is 9.97 Å². The average molecular weight is 193 g/mol. The number of hydrogen-bond donors (Lipinski definition) is 2. The fraction of sp³-hybridized carbons (Fsp3) is 0.727. The topological polar surface area (TPSA) is 54.7 Å². The van der Waals surface area contributed by atoms with Crippen LogP contribution in [0.4, 0.5) is 0 Å². The predicted octanol–water partition coefficient (Wildman–Crippen LogP) is 2.16. The van der Waals surface area contributed by atoms with Crippen LogP contribution >= 0.6 is 0 Å². The highest BCUT2D eigenvalue weighted by Gasteiger charge is 2.34. The summed E-state index contributed by atoms with van der Waals surface area (Å²) in [6, 6.07) is 0. The van der Waals surface area contributed by atoms with Crippen molar-refractivity contribution >= 4 is 0 Å². The lowest BCUT2D eigenvalue weighted by Crippen LogP contribution is -2.43. The molecule has 1 aromatic rings. The molecule has 14 heavy (non-hydrogen) atoms. The van der Waals surface area contributed by atoms with E-state index in [0.717, 1.165) is 5.82 Å². The predicted molar refractivity (Wildman–Crippen MR) is 56.7 cm³/mol. The first-order chi connectivity index (χ1) is 6.71. The fourth-order valence-electron chi connectivity index (χ4n) is 2.46. The highest BCUT2D eigenvalue weighted by molar-refractivity contribution is 5.06. The summed E-state index contributed by atoms with van der Waals surface area (Å²) >= 11 is 0. The van der Waals surface area contributed by atoms with Gasteiger partial charge in [-0.05, 0) is 25.7 Å². The molecule has 0 saturated heterocycles. The van der Waals surface area contributed by atoms with Crippen molar-refractivity contribution in [1.29, 1.82) is 0 Å². The first-order valence-electron chi connectivity index (χ1n) is 5.50. The van der Waals surface area contributed by atoms with Crippen LogP contribution in [0.3, 0.4) is 0 Å². The van der Waals surface area contributed by atoms with E-state index in [-0.39, 0.29) is 5.54 Å². The monoisotopic (exact) mass is 193 g/mol. The minimum atomic E-state index is -0.274. The molecule has 1 atom stereocenters. The number of nitrogens with two attached hydrogens (primary N) is 1. The summed E-state index contributed by atoms with van der Waals surface area (Å²) in [5, 5.41) is 0. The smallest absolute Gasteiger partial charge is 0.126 e. The maximum Gasteiger partial charge on any atom is 0.126 e. The van der Waals surface area contributed by atoms with Crippen molar-refractivity contribution in [2.24, 2.45) is 11.7 Å². The molecule has 1 aliphatic carbocycles. The molecule has 2 rings (SSSR count). The molecule has 0 amide bonds. The van der Waals surface area contributed by atoms with Gasteiger partial charge in [-0.2, -0.15) is 0 Å². The van der Waals surface area contributed by atoms with Crippen LogP contribution < -0.4 is 5.73 Å². The van der Waals surface area contributed by atoms with Gasteiger partial charge in [-0.3, -0.25) is 0 Å². The summed E-state index contributed by atoms with van der Waals surface area (Å²) in [6.45, 7) is 2.10. The summed E-state index contributed by atoms with van der Waals surface area (Å²) < 4.78 is 0. The number of H-pyrrole nitrogens is 1. The van der Waals surface area contributed by atoms with E-state index in [4.69, 9.17) is 5.73 Å². The molecular weight excluding hydrogens is 174 g/mol. The molecular formula is C11H19N3. The average Bonchev–Trinajstić information content (AvgIpc) is 2.72. The molecule has 1 fully saturated rings. The third-order valence-corrected chi connectivity index (χ3v) is 3.46. The molecule has 1 heterocycles. The fourth-order valence-corrected chi connectivity index (χ4v) is 2.46. The van der Waals surface area contributed by atoms with Crippen LogP contribution in [0.15, 0.2) is 12.4 Å². The van der Waals surface area contributed by atoms with Gasteiger partial charge in [0, 0.05) is 12.4 Å². The third kappa shape index (κ3) is 1.69. The van der Waals surface area contributed by atoms with E-state index in [1.165, 1.54) is 32.1 Å². The van der Waals surface area contributed by atoms with E-state index < -0.39 is 0 Å². The van der Waals surface area contributed by atoms with Gasteiger partial charge in [-0.25, -0.2) is 4.98 Å².